The van der Waals surface area contributed by atoms with Crippen molar-refractivity contribution in [3.05, 3.63) is 0 Å². The topological polar surface area (TPSA) is 78.9 Å². The summed E-state index contributed by atoms with van der Waals surface area (Å²) in [6.07, 6.45) is 0.661. The van der Waals surface area contributed by atoms with E-state index in [1.54, 1.807) is 25.7 Å². The molecule has 0 saturated carbocycles. The fourth-order valence-electron chi connectivity index (χ4n) is 1.88. The number of hydrogen-bond acceptors (Lipinski definition) is 4. The number of carbonyl (C=O) groups is 2. The van der Waals surface area contributed by atoms with Gasteiger partial charge in [0.25, 0.3) is 0 Å². The normalized spacial score (nSPS) is 20.1. The van der Waals surface area contributed by atoms with E-state index >= 15 is 0 Å². The van der Waals surface area contributed by atoms with Gasteiger partial charge in [-0.25, -0.2) is 4.79 Å². The highest BCUT2D eigenvalue weighted by molar-refractivity contribution is 5.78. The van der Waals surface area contributed by atoms with Crippen LogP contribution in [0.2, 0.25) is 0 Å². The molecule has 0 aromatic rings. The molecule has 2 N–H and O–H groups in total. The summed E-state index contributed by atoms with van der Waals surface area (Å²) < 4.78 is 5.08. The van der Waals surface area contributed by atoms with Crippen molar-refractivity contribution in [3.8, 4) is 0 Å². The summed E-state index contributed by atoms with van der Waals surface area (Å²) in [5.74, 6) is 0.0278. The lowest BCUT2D eigenvalue weighted by molar-refractivity contribution is -0.129. The maximum Gasteiger partial charge on any atom is 0.407 e. The Kier molecular flexibility index (Phi) is 4.95. The summed E-state index contributed by atoms with van der Waals surface area (Å²) in [5.41, 5.74) is -0.527. The molecule has 1 fully saturated rings. The molecule has 0 aromatic carbocycles. The van der Waals surface area contributed by atoms with Crippen LogP contribution in [0.15, 0.2) is 0 Å². The Hall–Kier alpha value is -1.30. The highest BCUT2D eigenvalue weighted by Crippen LogP contribution is 2.17. The summed E-state index contributed by atoms with van der Waals surface area (Å²) in [6.45, 7) is 6.08. The number of likely N-dealkylation sites (tertiary alicyclic amines) is 1. The van der Waals surface area contributed by atoms with Gasteiger partial charge in [0.2, 0.25) is 5.91 Å². The second-order valence-electron chi connectivity index (χ2n) is 5.39. The van der Waals surface area contributed by atoms with Gasteiger partial charge in [-0.05, 0) is 27.2 Å². The van der Waals surface area contributed by atoms with Crippen LogP contribution in [0.4, 0.5) is 4.79 Å². The van der Waals surface area contributed by atoms with Crippen LogP contribution >= 0.6 is 0 Å². The largest absolute Gasteiger partial charge is 0.444 e. The Morgan fingerprint density at radius 1 is 1.56 bits per heavy atom. The first kappa shape index (κ1) is 14.8. The third-order valence-corrected chi connectivity index (χ3v) is 2.68. The second-order valence-corrected chi connectivity index (χ2v) is 5.39. The zero-order chi connectivity index (χ0) is 13.8. The standard InChI is InChI=1S/C12H22N2O4/c1-12(2,3)18-11(17)13-6-7-14-9(8-15)4-5-10(14)16/h9,15H,4-8H2,1-3H3,(H,13,17)/t9-/m0/s1. The lowest BCUT2D eigenvalue weighted by Crippen LogP contribution is -2.42. The van der Waals surface area contributed by atoms with Crippen LogP contribution in [0.25, 0.3) is 0 Å². The number of aliphatic hydroxyl groups excluding tert-OH is 1. The lowest BCUT2D eigenvalue weighted by Gasteiger charge is -2.24. The predicted octanol–water partition coefficient (Wildman–Crippen LogP) is 0.494. The van der Waals surface area contributed by atoms with Crippen molar-refractivity contribution in [2.45, 2.75) is 45.3 Å². The van der Waals surface area contributed by atoms with Crippen LogP contribution < -0.4 is 5.32 Å². The number of ether oxygens (including phenoxy) is 1. The Bertz CT molecular complexity index is 312. The van der Waals surface area contributed by atoms with Crippen LogP contribution in [0, 0.1) is 0 Å². The summed E-state index contributed by atoms with van der Waals surface area (Å²) in [7, 11) is 0. The van der Waals surface area contributed by atoms with E-state index in [1.165, 1.54) is 0 Å². The molecule has 1 aliphatic rings. The minimum Gasteiger partial charge on any atom is -0.444 e. The molecule has 0 unspecified atom stereocenters. The Morgan fingerprint density at radius 3 is 2.78 bits per heavy atom. The van der Waals surface area contributed by atoms with Gasteiger partial charge in [0.05, 0.1) is 12.6 Å². The molecule has 2 amide bonds. The summed E-state index contributed by atoms with van der Waals surface area (Å²) >= 11 is 0. The molecule has 18 heavy (non-hydrogen) atoms. The molecule has 6 nitrogen and oxygen atoms in total. The van der Waals surface area contributed by atoms with E-state index in [9.17, 15) is 9.59 Å². The van der Waals surface area contributed by atoms with Crippen LogP contribution in [-0.2, 0) is 9.53 Å². The average molecular weight is 258 g/mol. The SMILES string of the molecule is CC(C)(C)OC(=O)NCCN1C(=O)CC[C@H]1CO. The van der Waals surface area contributed by atoms with Crippen molar-refractivity contribution in [3.63, 3.8) is 0 Å². The molecule has 0 radical (unpaired) electrons. The average Bonchev–Trinajstić information content (AvgIpc) is 2.57. The van der Waals surface area contributed by atoms with Crippen molar-refractivity contribution in [1.82, 2.24) is 10.2 Å². The molecule has 1 heterocycles. The number of aliphatic hydroxyl groups is 1. The monoisotopic (exact) mass is 258 g/mol. The third kappa shape index (κ3) is 4.52. The van der Waals surface area contributed by atoms with Crippen molar-refractivity contribution in [2.24, 2.45) is 0 Å². The summed E-state index contributed by atoms with van der Waals surface area (Å²) in [4.78, 5) is 24.5. The van der Waals surface area contributed by atoms with Crippen LogP contribution in [-0.4, -0.2) is 53.3 Å². The Labute approximate surface area is 107 Å². The second kappa shape index (κ2) is 6.04. The Balaban J connectivity index is 2.29. The third-order valence-electron chi connectivity index (χ3n) is 2.68. The van der Waals surface area contributed by atoms with Crippen molar-refractivity contribution in [1.29, 1.82) is 0 Å². The number of amides is 2. The van der Waals surface area contributed by atoms with Gasteiger partial charge in [-0.3, -0.25) is 4.79 Å². The smallest absolute Gasteiger partial charge is 0.407 e. The zero-order valence-corrected chi connectivity index (χ0v) is 11.2. The number of alkyl carbamates (subject to hydrolysis) is 1. The van der Waals surface area contributed by atoms with Gasteiger partial charge in [0, 0.05) is 19.5 Å². The summed E-state index contributed by atoms with van der Waals surface area (Å²) in [6, 6.07) is -0.113. The molecular weight excluding hydrogens is 236 g/mol. The lowest BCUT2D eigenvalue weighted by atomic mass is 10.2. The molecule has 0 spiro atoms. The van der Waals surface area contributed by atoms with Crippen molar-refractivity contribution < 1.29 is 19.4 Å². The number of hydrogen-bond donors (Lipinski definition) is 2. The highest BCUT2D eigenvalue weighted by atomic mass is 16.6. The molecular formula is C12H22N2O4. The Morgan fingerprint density at radius 2 is 2.22 bits per heavy atom. The summed E-state index contributed by atoms with van der Waals surface area (Å²) in [5, 5.41) is 11.7. The fraction of sp³-hybridized carbons (Fsp3) is 0.833. The molecule has 1 saturated heterocycles. The quantitative estimate of drug-likeness (QED) is 0.769. The maximum atomic E-state index is 11.5. The van der Waals surface area contributed by atoms with Crippen molar-refractivity contribution in [2.75, 3.05) is 19.7 Å². The molecule has 6 heteroatoms. The first-order chi connectivity index (χ1) is 8.33. The maximum absolute atomic E-state index is 11.5. The van der Waals surface area contributed by atoms with Crippen LogP contribution in [0.5, 0.6) is 0 Å². The van der Waals surface area contributed by atoms with E-state index in [-0.39, 0.29) is 18.6 Å². The van der Waals surface area contributed by atoms with Gasteiger partial charge in [-0.2, -0.15) is 0 Å². The molecule has 104 valence electrons. The number of rotatable bonds is 4. The predicted molar refractivity (Wildman–Crippen MR) is 66.1 cm³/mol. The molecule has 0 bridgehead atoms. The molecule has 1 aliphatic heterocycles. The first-order valence-corrected chi connectivity index (χ1v) is 6.20. The van der Waals surface area contributed by atoms with E-state index in [2.05, 4.69) is 5.32 Å². The minimum absolute atomic E-state index is 0.0278. The number of nitrogens with zero attached hydrogens (tertiary/aromatic N) is 1. The number of carbonyl (C=O) groups excluding carboxylic acids is 2. The minimum atomic E-state index is -0.527. The van der Waals surface area contributed by atoms with Gasteiger partial charge < -0.3 is 20.1 Å². The van der Waals surface area contributed by atoms with E-state index in [1.807, 2.05) is 0 Å². The molecule has 0 aromatic heterocycles. The molecule has 0 aliphatic carbocycles. The van der Waals surface area contributed by atoms with Crippen LogP contribution in [0.1, 0.15) is 33.6 Å². The van der Waals surface area contributed by atoms with E-state index < -0.39 is 11.7 Å². The van der Waals surface area contributed by atoms with E-state index in [0.29, 0.717) is 25.9 Å². The van der Waals surface area contributed by atoms with Gasteiger partial charge in [-0.1, -0.05) is 0 Å². The first-order valence-electron chi connectivity index (χ1n) is 6.20. The highest BCUT2D eigenvalue weighted by Gasteiger charge is 2.29. The number of nitrogens with one attached hydrogen (secondary N) is 1. The van der Waals surface area contributed by atoms with Gasteiger partial charge in [0.1, 0.15) is 5.60 Å². The van der Waals surface area contributed by atoms with Gasteiger partial charge in [0.15, 0.2) is 0 Å². The van der Waals surface area contributed by atoms with Gasteiger partial charge in [-0.15, -0.1) is 0 Å². The molecule has 1 atom stereocenters. The van der Waals surface area contributed by atoms with Crippen molar-refractivity contribution >= 4 is 12.0 Å². The van der Waals surface area contributed by atoms with Gasteiger partial charge >= 0.3 is 6.09 Å². The fourth-order valence-corrected chi connectivity index (χ4v) is 1.88. The zero-order valence-electron chi connectivity index (χ0n) is 11.2. The van der Waals surface area contributed by atoms with Crippen LogP contribution in [0.3, 0.4) is 0 Å². The molecule has 1 rings (SSSR count). The van der Waals surface area contributed by atoms with E-state index in [0.717, 1.165) is 0 Å². The van der Waals surface area contributed by atoms with E-state index in [4.69, 9.17) is 9.84 Å².